The molecule has 8 aromatic carbocycles. The van der Waals surface area contributed by atoms with Crippen molar-refractivity contribution in [2.45, 2.75) is 0 Å². The van der Waals surface area contributed by atoms with Gasteiger partial charge in [0.15, 0.2) is 5.82 Å². The molecule has 0 saturated carbocycles. The largest absolute Gasteiger partial charge is 0.264 e. The quantitative estimate of drug-likeness (QED) is 0.161. The third-order valence-corrected chi connectivity index (χ3v) is 11.0. The number of rotatable bonds is 6. The van der Waals surface area contributed by atoms with Gasteiger partial charge in [0.1, 0.15) is 0 Å². The van der Waals surface area contributed by atoms with E-state index in [1.54, 1.807) is 6.20 Å². The van der Waals surface area contributed by atoms with Gasteiger partial charge in [0, 0.05) is 46.2 Å². The third-order valence-electron chi connectivity index (χ3n) is 11.0. The number of aromatic nitrogens is 4. The molecule has 0 N–H and O–H groups in total. The fourth-order valence-corrected chi connectivity index (χ4v) is 8.30. The van der Waals surface area contributed by atoms with Crippen molar-refractivity contribution in [3.05, 3.63) is 195 Å². The van der Waals surface area contributed by atoms with E-state index in [9.17, 15) is 0 Å². The summed E-state index contributed by atoms with van der Waals surface area (Å²) in [5.41, 5.74) is 12.3. The van der Waals surface area contributed by atoms with Crippen LogP contribution in [-0.2, 0) is 0 Å². The lowest BCUT2D eigenvalue weighted by atomic mass is 9.87. The van der Waals surface area contributed by atoms with E-state index >= 15 is 0 Å². The molecule has 0 atom stereocenters. The molecule has 0 saturated heterocycles. The summed E-state index contributed by atoms with van der Waals surface area (Å²) in [5, 5.41) is 8.63. The first-order chi connectivity index (χ1) is 27.7. The minimum absolute atomic E-state index is 0.652. The molecule has 0 radical (unpaired) electrons. The van der Waals surface area contributed by atoms with Crippen LogP contribution in [0.2, 0.25) is 0 Å². The summed E-state index contributed by atoms with van der Waals surface area (Å²) >= 11 is 0. The highest BCUT2D eigenvalue weighted by Crippen LogP contribution is 2.43. The van der Waals surface area contributed by atoms with Crippen LogP contribution in [0, 0.1) is 0 Å². The van der Waals surface area contributed by atoms with Crippen molar-refractivity contribution in [1.29, 1.82) is 0 Å². The molecule has 11 aromatic rings. The van der Waals surface area contributed by atoms with Crippen molar-refractivity contribution in [3.63, 3.8) is 0 Å². The van der Waals surface area contributed by atoms with E-state index in [1.165, 1.54) is 49.0 Å². The first-order valence-electron chi connectivity index (χ1n) is 18.9. The van der Waals surface area contributed by atoms with Crippen molar-refractivity contribution in [3.8, 4) is 67.3 Å². The minimum Gasteiger partial charge on any atom is -0.264 e. The Bertz CT molecular complexity index is 3250. The number of para-hydroxylation sites is 1. The van der Waals surface area contributed by atoms with Crippen LogP contribution in [0.25, 0.3) is 111 Å². The molecule has 3 aromatic heterocycles. The monoisotopic (exact) mass is 712 g/mol. The summed E-state index contributed by atoms with van der Waals surface area (Å²) < 4.78 is 0. The van der Waals surface area contributed by atoms with Crippen molar-refractivity contribution in [2.75, 3.05) is 0 Å². The molecule has 0 spiro atoms. The Hall–Kier alpha value is -7.56. The molecule has 0 bridgehead atoms. The van der Waals surface area contributed by atoms with Crippen molar-refractivity contribution in [1.82, 2.24) is 19.9 Å². The predicted molar refractivity (Wildman–Crippen MR) is 231 cm³/mol. The van der Waals surface area contributed by atoms with Crippen LogP contribution in [0.3, 0.4) is 0 Å². The molecule has 11 rings (SSSR count). The Morgan fingerprint density at radius 3 is 1.77 bits per heavy atom. The van der Waals surface area contributed by atoms with Crippen LogP contribution < -0.4 is 0 Å². The molecule has 4 heteroatoms. The van der Waals surface area contributed by atoms with E-state index in [0.29, 0.717) is 5.82 Å². The van der Waals surface area contributed by atoms with Crippen LogP contribution in [-0.4, -0.2) is 19.9 Å². The maximum Gasteiger partial charge on any atom is 0.160 e. The average molecular weight is 713 g/mol. The van der Waals surface area contributed by atoms with Crippen LogP contribution in [0.15, 0.2) is 195 Å². The number of hydrogen-bond acceptors (Lipinski definition) is 4. The lowest BCUT2D eigenvalue weighted by Gasteiger charge is -2.17. The van der Waals surface area contributed by atoms with Gasteiger partial charge >= 0.3 is 0 Å². The van der Waals surface area contributed by atoms with Gasteiger partial charge in [-0.25, -0.2) is 9.97 Å². The summed E-state index contributed by atoms with van der Waals surface area (Å²) in [6.07, 6.45) is 5.61. The van der Waals surface area contributed by atoms with Gasteiger partial charge in [-0.05, 0) is 90.5 Å². The maximum absolute atomic E-state index is 5.30. The van der Waals surface area contributed by atoms with E-state index in [-0.39, 0.29) is 0 Å². The standard InChI is InChI=1S/C52H32N4/c1-2-10-33(11-3-1)42-23-19-34-22-26-46-43(24-20-35-21-25-45(42)50(34)51(35)46)36-13-8-14-38(28-36)52-55-48(40-29-37-12-4-7-18-47(37)54-32-40)30-49(56-52)44-17-6-5-16-41(44)39-15-9-27-53-31-39/h1-32H. The van der Waals surface area contributed by atoms with Gasteiger partial charge in [-0.2, -0.15) is 0 Å². The zero-order valence-corrected chi connectivity index (χ0v) is 30.3. The van der Waals surface area contributed by atoms with Gasteiger partial charge in [-0.15, -0.1) is 0 Å². The van der Waals surface area contributed by atoms with E-state index in [0.717, 1.165) is 55.7 Å². The number of fused-ring (bicyclic) bond motifs is 1. The number of hydrogen-bond donors (Lipinski definition) is 0. The first-order valence-corrected chi connectivity index (χ1v) is 18.9. The molecule has 0 aliphatic heterocycles. The second-order valence-electron chi connectivity index (χ2n) is 14.3. The number of nitrogens with zero attached hydrogens (tertiary/aromatic N) is 4. The minimum atomic E-state index is 0.652. The topological polar surface area (TPSA) is 51.6 Å². The lowest BCUT2D eigenvalue weighted by Crippen LogP contribution is -1.98. The van der Waals surface area contributed by atoms with Gasteiger partial charge in [0.2, 0.25) is 0 Å². The molecule has 0 unspecified atom stereocenters. The molecular weight excluding hydrogens is 681 g/mol. The fourth-order valence-electron chi connectivity index (χ4n) is 8.30. The average Bonchev–Trinajstić information content (AvgIpc) is 3.28. The smallest absolute Gasteiger partial charge is 0.160 e. The van der Waals surface area contributed by atoms with Gasteiger partial charge in [-0.3, -0.25) is 9.97 Å². The van der Waals surface area contributed by atoms with Gasteiger partial charge in [-0.1, -0.05) is 146 Å². The highest BCUT2D eigenvalue weighted by atomic mass is 14.9. The second kappa shape index (κ2) is 13.1. The summed E-state index contributed by atoms with van der Waals surface area (Å²) in [6.45, 7) is 0. The molecule has 0 fully saturated rings. The van der Waals surface area contributed by atoms with Crippen molar-refractivity contribution < 1.29 is 0 Å². The zero-order valence-electron chi connectivity index (χ0n) is 30.3. The van der Waals surface area contributed by atoms with Crippen molar-refractivity contribution >= 4 is 43.2 Å². The first kappa shape index (κ1) is 31.9. The highest BCUT2D eigenvalue weighted by Gasteiger charge is 2.18. The van der Waals surface area contributed by atoms with Gasteiger partial charge in [0.25, 0.3) is 0 Å². The van der Waals surface area contributed by atoms with E-state index in [4.69, 9.17) is 15.0 Å². The molecule has 260 valence electrons. The van der Waals surface area contributed by atoms with Gasteiger partial charge in [0.05, 0.1) is 16.9 Å². The number of pyridine rings is 2. The number of benzene rings is 8. The second-order valence-corrected chi connectivity index (χ2v) is 14.3. The summed E-state index contributed by atoms with van der Waals surface area (Å²) in [4.78, 5) is 19.8. The van der Waals surface area contributed by atoms with Crippen molar-refractivity contribution in [2.24, 2.45) is 0 Å². The Morgan fingerprint density at radius 1 is 0.339 bits per heavy atom. The SMILES string of the molecule is c1ccc(-c2ccc3ccc4c(-c5cccc(-c6nc(-c7cnc8ccccc8c7)cc(-c7ccccc7-c7cccnc7)n6)c5)ccc5ccc2c3c54)cc1. The summed E-state index contributed by atoms with van der Waals surface area (Å²) in [6, 6.07) is 62.3. The maximum atomic E-state index is 5.30. The molecule has 0 aliphatic carbocycles. The highest BCUT2D eigenvalue weighted by molar-refractivity contribution is 6.27. The molecular formula is C52H32N4. The molecule has 0 amide bonds. The zero-order chi connectivity index (χ0) is 37.0. The molecule has 3 heterocycles. The Morgan fingerprint density at radius 2 is 0.982 bits per heavy atom. The third kappa shape index (κ3) is 5.39. The van der Waals surface area contributed by atoms with Crippen LogP contribution in [0.5, 0.6) is 0 Å². The molecule has 0 aliphatic rings. The van der Waals surface area contributed by atoms with Gasteiger partial charge < -0.3 is 0 Å². The lowest BCUT2D eigenvalue weighted by molar-refractivity contribution is 1.18. The molecule has 4 nitrogen and oxygen atoms in total. The normalized spacial score (nSPS) is 11.6. The van der Waals surface area contributed by atoms with Crippen LogP contribution >= 0.6 is 0 Å². The van der Waals surface area contributed by atoms with Crippen LogP contribution in [0.1, 0.15) is 0 Å². The Kier molecular flexibility index (Phi) is 7.46. The summed E-state index contributed by atoms with van der Waals surface area (Å²) in [5.74, 6) is 0.652. The Balaban J connectivity index is 1.09. The summed E-state index contributed by atoms with van der Waals surface area (Å²) in [7, 11) is 0. The van der Waals surface area contributed by atoms with E-state index in [1.807, 2.05) is 36.7 Å². The van der Waals surface area contributed by atoms with E-state index in [2.05, 4.69) is 157 Å². The van der Waals surface area contributed by atoms with Crippen LogP contribution in [0.4, 0.5) is 0 Å². The Labute approximate surface area is 323 Å². The predicted octanol–water partition coefficient (Wildman–Crippen LogP) is 13.3. The fraction of sp³-hybridized carbons (Fsp3) is 0. The van der Waals surface area contributed by atoms with E-state index < -0.39 is 0 Å². The molecule has 56 heavy (non-hydrogen) atoms.